The van der Waals surface area contributed by atoms with Gasteiger partial charge in [-0.15, -0.1) is 0 Å². The van der Waals surface area contributed by atoms with Crippen molar-refractivity contribution in [2.45, 2.75) is 6.04 Å². The average Bonchev–Trinajstić information content (AvgIpc) is 2.37. The van der Waals surface area contributed by atoms with Crippen molar-refractivity contribution in [3.63, 3.8) is 0 Å². The Hall–Kier alpha value is -1.36. The van der Waals surface area contributed by atoms with Gasteiger partial charge < -0.3 is 15.7 Å². The number of nitrogens with zero attached hydrogens (tertiary/aromatic N) is 2. The first kappa shape index (κ1) is 13.1. The van der Waals surface area contributed by atoms with Crippen LogP contribution in [0.4, 0.5) is 5.69 Å². The summed E-state index contributed by atoms with van der Waals surface area (Å²) < 4.78 is 0. The predicted octanol–water partition coefficient (Wildman–Crippen LogP) is 1.64. The highest BCUT2D eigenvalue weighted by Crippen LogP contribution is 2.26. The molecular weight excluding hydrogens is 250 g/mol. The van der Waals surface area contributed by atoms with Crippen LogP contribution < -0.4 is 10.6 Å². The normalized spacial score (nSPS) is 12.7. The van der Waals surface area contributed by atoms with Crippen LogP contribution in [0.5, 0.6) is 0 Å². The Bertz CT molecular complexity index is 547. The molecule has 96 valence electrons. The molecule has 1 aromatic carbocycles. The first-order chi connectivity index (χ1) is 8.61. The van der Waals surface area contributed by atoms with Crippen LogP contribution in [0.2, 0.25) is 5.02 Å². The molecule has 0 aliphatic heterocycles. The van der Waals surface area contributed by atoms with E-state index >= 15 is 0 Å². The van der Waals surface area contributed by atoms with E-state index in [0.717, 1.165) is 16.6 Å². The van der Waals surface area contributed by atoms with Gasteiger partial charge in [0.1, 0.15) is 0 Å². The van der Waals surface area contributed by atoms with Crippen molar-refractivity contribution in [3.05, 3.63) is 35.5 Å². The van der Waals surface area contributed by atoms with Gasteiger partial charge in [0.2, 0.25) is 0 Å². The monoisotopic (exact) mass is 265 g/mol. The Morgan fingerprint density at radius 3 is 2.94 bits per heavy atom. The third-order valence-electron chi connectivity index (χ3n) is 2.84. The second-order valence-electron chi connectivity index (χ2n) is 4.31. The van der Waals surface area contributed by atoms with Gasteiger partial charge >= 0.3 is 0 Å². The molecule has 2 aromatic rings. The first-order valence-corrected chi connectivity index (χ1v) is 6.11. The second kappa shape index (κ2) is 5.52. The number of hydrogen-bond acceptors (Lipinski definition) is 4. The number of anilines is 1. The van der Waals surface area contributed by atoms with Gasteiger partial charge in [-0.1, -0.05) is 11.6 Å². The number of fused-ring (bicyclic) bond motifs is 1. The van der Waals surface area contributed by atoms with Crippen molar-refractivity contribution >= 4 is 28.2 Å². The molecule has 0 unspecified atom stereocenters. The topological polar surface area (TPSA) is 62.4 Å². The number of benzene rings is 1. The molecule has 1 aromatic heterocycles. The zero-order valence-electron chi connectivity index (χ0n) is 10.2. The van der Waals surface area contributed by atoms with Crippen LogP contribution in [0, 0.1) is 0 Å². The van der Waals surface area contributed by atoms with Gasteiger partial charge in [0.25, 0.3) is 0 Å². The van der Waals surface area contributed by atoms with Crippen LogP contribution >= 0.6 is 11.6 Å². The van der Waals surface area contributed by atoms with Crippen LogP contribution in [-0.4, -0.2) is 36.3 Å². The Balaban J connectivity index is 2.38. The number of nitrogens with two attached hydrogens (primary N) is 1. The number of aromatic nitrogens is 1. The van der Waals surface area contributed by atoms with E-state index in [2.05, 4.69) is 4.98 Å². The molecule has 0 saturated carbocycles. The number of aliphatic hydroxyl groups is 1. The van der Waals surface area contributed by atoms with E-state index in [0.29, 0.717) is 11.6 Å². The minimum atomic E-state index is -0.259. The van der Waals surface area contributed by atoms with E-state index in [1.807, 2.05) is 36.2 Å². The quantitative estimate of drug-likeness (QED) is 0.882. The Morgan fingerprint density at radius 1 is 1.44 bits per heavy atom. The van der Waals surface area contributed by atoms with E-state index in [1.165, 1.54) is 0 Å². The fourth-order valence-electron chi connectivity index (χ4n) is 1.95. The van der Waals surface area contributed by atoms with Gasteiger partial charge in [0.15, 0.2) is 0 Å². The number of halogens is 1. The maximum atomic E-state index is 9.00. The Labute approximate surface area is 111 Å². The Kier molecular flexibility index (Phi) is 4.01. The fraction of sp³-hybridized carbons (Fsp3) is 0.308. The lowest BCUT2D eigenvalue weighted by molar-refractivity contribution is 0.267. The second-order valence-corrected chi connectivity index (χ2v) is 4.75. The summed E-state index contributed by atoms with van der Waals surface area (Å²) in [4.78, 5) is 6.31. The molecule has 0 aliphatic carbocycles. The predicted molar refractivity (Wildman–Crippen MR) is 75.1 cm³/mol. The van der Waals surface area contributed by atoms with E-state index in [4.69, 9.17) is 22.4 Å². The maximum Gasteiger partial charge on any atom is 0.0737 e. The largest absolute Gasteiger partial charge is 0.395 e. The molecule has 0 fully saturated rings. The third-order valence-corrected chi connectivity index (χ3v) is 3.07. The SMILES string of the molecule is CN(C[C@@H](N)CO)c1ccnc2cc(Cl)ccc12. The van der Waals surface area contributed by atoms with Gasteiger partial charge in [-0.2, -0.15) is 0 Å². The number of rotatable bonds is 4. The Morgan fingerprint density at radius 2 is 2.22 bits per heavy atom. The molecule has 5 heteroatoms. The van der Waals surface area contributed by atoms with Gasteiger partial charge in [-0.25, -0.2) is 0 Å². The molecule has 1 heterocycles. The lowest BCUT2D eigenvalue weighted by Crippen LogP contribution is -2.37. The highest BCUT2D eigenvalue weighted by Gasteiger charge is 2.10. The van der Waals surface area contributed by atoms with Crippen LogP contribution in [0.1, 0.15) is 0 Å². The lowest BCUT2D eigenvalue weighted by atomic mass is 10.1. The van der Waals surface area contributed by atoms with E-state index in [9.17, 15) is 0 Å². The van der Waals surface area contributed by atoms with Crippen molar-refractivity contribution in [1.82, 2.24) is 4.98 Å². The zero-order valence-corrected chi connectivity index (χ0v) is 10.9. The van der Waals surface area contributed by atoms with Crippen molar-refractivity contribution < 1.29 is 5.11 Å². The number of aliphatic hydroxyl groups excluding tert-OH is 1. The summed E-state index contributed by atoms with van der Waals surface area (Å²) in [5.41, 5.74) is 7.63. The van der Waals surface area contributed by atoms with Crippen molar-refractivity contribution in [1.29, 1.82) is 0 Å². The summed E-state index contributed by atoms with van der Waals surface area (Å²) >= 11 is 5.95. The standard InChI is InChI=1S/C13H16ClN3O/c1-17(7-10(15)8-18)13-4-5-16-12-6-9(14)2-3-11(12)13/h2-6,10,18H,7-8,15H2,1H3/t10-/m1/s1. The molecule has 0 amide bonds. The van der Waals surface area contributed by atoms with E-state index < -0.39 is 0 Å². The molecule has 0 bridgehead atoms. The maximum absolute atomic E-state index is 9.00. The van der Waals surface area contributed by atoms with E-state index in [1.54, 1.807) is 6.20 Å². The van der Waals surface area contributed by atoms with Gasteiger partial charge in [-0.05, 0) is 24.3 Å². The molecule has 0 saturated heterocycles. The molecule has 4 nitrogen and oxygen atoms in total. The summed E-state index contributed by atoms with van der Waals surface area (Å²) in [6.45, 7) is 0.553. The summed E-state index contributed by atoms with van der Waals surface area (Å²) in [6.07, 6.45) is 1.75. The highest BCUT2D eigenvalue weighted by atomic mass is 35.5. The van der Waals surface area contributed by atoms with Crippen LogP contribution in [0.25, 0.3) is 10.9 Å². The number of pyridine rings is 1. The molecule has 0 radical (unpaired) electrons. The van der Waals surface area contributed by atoms with Crippen molar-refractivity contribution in [2.24, 2.45) is 5.73 Å². The molecule has 3 N–H and O–H groups in total. The molecule has 18 heavy (non-hydrogen) atoms. The molecular formula is C13H16ClN3O. The summed E-state index contributed by atoms with van der Waals surface area (Å²) in [5.74, 6) is 0. The molecule has 1 atom stereocenters. The summed E-state index contributed by atoms with van der Waals surface area (Å²) in [7, 11) is 1.94. The van der Waals surface area contributed by atoms with Gasteiger partial charge in [-0.3, -0.25) is 4.98 Å². The smallest absolute Gasteiger partial charge is 0.0737 e. The third kappa shape index (κ3) is 2.72. The summed E-state index contributed by atoms with van der Waals surface area (Å²) in [6, 6.07) is 7.29. The van der Waals surface area contributed by atoms with E-state index in [-0.39, 0.29) is 12.6 Å². The van der Waals surface area contributed by atoms with Gasteiger partial charge in [0.05, 0.1) is 12.1 Å². The minimum Gasteiger partial charge on any atom is -0.395 e. The summed E-state index contributed by atoms with van der Waals surface area (Å²) in [5, 5.41) is 10.7. The average molecular weight is 266 g/mol. The fourth-order valence-corrected chi connectivity index (χ4v) is 2.11. The number of likely N-dealkylation sites (N-methyl/N-ethyl adjacent to an activating group) is 1. The number of hydrogen-bond donors (Lipinski definition) is 2. The van der Waals surface area contributed by atoms with Crippen LogP contribution in [0.3, 0.4) is 0 Å². The highest BCUT2D eigenvalue weighted by molar-refractivity contribution is 6.31. The first-order valence-electron chi connectivity index (χ1n) is 5.73. The minimum absolute atomic E-state index is 0.0286. The molecule has 0 spiro atoms. The zero-order chi connectivity index (χ0) is 13.1. The van der Waals surface area contributed by atoms with Crippen LogP contribution in [-0.2, 0) is 0 Å². The molecule has 2 rings (SSSR count). The van der Waals surface area contributed by atoms with Crippen LogP contribution in [0.15, 0.2) is 30.5 Å². The lowest BCUT2D eigenvalue weighted by Gasteiger charge is -2.23. The van der Waals surface area contributed by atoms with Crippen molar-refractivity contribution in [3.8, 4) is 0 Å². The van der Waals surface area contributed by atoms with Crippen molar-refractivity contribution in [2.75, 3.05) is 25.1 Å². The molecule has 0 aliphatic rings. The van der Waals surface area contributed by atoms with Gasteiger partial charge in [0, 0.05) is 41.9 Å².